The molecule has 8 heteroatoms. The van der Waals surface area contributed by atoms with Crippen molar-refractivity contribution in [2.75, 3.05) is 5.32 Å². The molecule has 0 spiro atoms. The molecule has 0 fully saturated rings. The smallest absolute Gasteiger partial charge is 0.257 e. The Morgan fingerprint density at radius 3 is 2.65 bits per heavy atom. The molecule has 130 valence electrons. The highest BCUT2D eigenvalue weighted by Crippen LogP contribution is 2.21. The summed E-state index contributed by atoms with van der Waals surface area (Å²) in [6.45, 7) is 1.84. The molecule has 1 N–H and O–H groups in total. The summed E-state index contributed by atoms with van der Waals surface area (Å²) in [6, 6.07) is 7.75. The number of aromatic nitrogens is 5. The van der Waals surface area contributed by atoms with Gasteiger partial charge < -0.3 is 5.32 Å². The number of nitrogens with zero attached hydrogens (tertiary/aromatic N) is 5. The van der Waals surface area contributed by atoms with Gasteiger partial charge in [-0.25, -0.2) is 14.1 Å². The molecule has 7 nitrogen and oxygen atoms in total. The van der Waals surface area contributed by atoms with E-state index in [0.717, 1.165) is 11.1 Å². The van der Waals surface area contributed by atoms with Crippen LogP contribution in [-0.4, -0.2) is 30.5 Å². The molecule has 0 radical (unpaired) electrons. The molecule has 0 aliphatic rings. The summed E-state index contributed by atoms with van der Waals surface area (Å²) in [5.74, 6) is -0.592. The van der Waals surface area contributed by atoms with E-state index in [9.17, 15) is 9.18 Å². The molecule has 4 rings (SSSR count). The molecule has 3 heterocycles. The van der Waals surface area contributed by atoms with Crippen molar-refractivity contribution in [2.45, 2.75) is 6.92 Å². The van der Waals surface area contributed by atoms with Gasteiger partial charge in [0.15, 0.2) is 5.65 Å². The Morgan fingerprint density at radius 2 is 1.96 bits per heavy atom. The molecule has 0 aliphatic heterocycles. The number of fused-ring (bicyclic) bond motifs is 1. The lowest BCUT2D eigenvalue weighted by Gasteiger charge is -2.04. The van der Waals surface area contributed by atoms with Crippen LogP contribution in [0.2, 0.25) is 0 Å². The summed E-state index contributed by atoms with van der Waals surface area (Å²) in [5.41, 5.74) is 3.06. The van der Waals surface area contributed by atoms with Crippen molar-refractivity contribution in [3.63, 3.8) is 0 Å². The highest BCUT2D eigenvalue weighted by molar-refractivity contribution is 6.05. The van der Waals surface area contributed by atoms with Crippen LogP contribution in [0.4, 0.5) is 10.1 Å². The van der Waals surface area contributed by atoms with Crippen molar-refractivity contribution in [1.29, 1.82) is 0 Å². The van der Waals surface area contributed by atoms with Gasteiger partial charge in [0, 0.05) is 24.8 Å². The van der Waals surface area contributed by atoms with E-state index in [-0.39, 0.29) is 11.7 Å². The summed E-state index contributed by atoms with van der Waals surface area (Å²) in [6.07, 6.45) is 4.78. The number of halogens is 1. The number of benzene rings is 1. The van der Waals surface area contributed by atoms with Crippen LogP contribution in [0.15, 0.2) is 48.9 Å². The minimum absolute atomic E-state index is 0.277. The van der Waals surface area contributed by atoms with E-state index in [1.807, 2.05) is 6.92 Å². The molecule has 3 aromatic heterocycles. The predicted octanol–water partition coefficient (Wildman–Crippen LogP) is 2.85. The van der Waals surface area contributed by atoms with Gasteiger partial charge in [-0.3, -0.25) is 9.48 Å². The molecule has 1 amide bonds. The first-order chi connectivity index (χ1) is 12.5. The molecule has 0 saturated heterocycles. The Balaban J connectivity index is 1.70. The Morgan fingerprint density at radius 1 is 1.19 bits per heavy atom. The molecule has 0 atom stereocenters. The average molecular weight is 350 g/mol. The van der Waals surface area contributed by atoms with Crippen LogP contribution in [0.5, 0.6) is 0 Å². The number of carbonyl (C=O) groups is 1. The molecule has 0 unspecified atom stereocenters. The lowest BCUT2D eigenvalue weighted by Crippen LogP contribution is -2.12. The maximum Gasteiger partial charge on any atom is 0.257 e. The Bertz CT molecular complexity index is 1110. The third-order valence-electron chi connectivity index (χ3n) is 4.00. The Labute approximate surface area is 148 Å². The fourth-order valence-electron chi connectivity index (χ4n) is 2.72. The van der Waals surface area contributed by atoms with Gasteiger partial charge in [-0.05, 0) is 37.3 Å². The van der Waals surface area contributed by atoms with Crippen LogP contribution in [-0.2, 0) is 7.05 Å². The number of carbonyl (C=O) groups excluding carboxylic acids is 1. The number of anilines is 1. The van der Waals surface area contributed by atoms with Crippen LogP contribution in [0.1, 0.15) is 16.1 Å². The number of rotatable bonds is 3. The van der Waals surface area contributed by atoms with Gasteiger partial charge in [0.05, 0.1) is 28.8 Å². The van der Waals surface area contributed by atoms with Crippen molar-refractivity contribution < 1.29 is 9.18 Å². The van der Waals surface area contributed by atoms with E-state index in [2.05, 4.69) is 20.5 Å². The topological polar surface area (TPSA) is 77.6 Å². The maximum absolute atomic E-state index is 13.1. The standard InChI is InChI=1S/C18H15FN6O/c1-11-16-7-12(18(26)22-14-9-21-24(2)10-14)8-20-17(16)25(23-11)15-5-3-13(19)4-6-15/h3-10H,1-2H3,(H,22,26). The van der Waals surface area contributed by atoms with Crippen molar-refractivity contribution in [3.8, 4) is 5.69 Å². The number of aryl methyl sites for hydroxylation is 2. The highest BCUT2D eigenvalue weighted by Gasteiger charge is 2.14. The minimum Gasteiger partial charge on any atom is -0.319 e. The van der Waals surface area contributed by atoms with Gasteiger partial charge in [-0.2, -0.15) is 10.2 Å². The Kier molecular flexibility index (Phi) is 3.72. The van der Waals surface area contributed by atoms with Crippen molar-refractivity contribution in [3.05, 3.63) is 66.0 Å². The lowest BCUT2D eigenvalue weighted by atomic mass is 10.2. The van der Waals surface area contributed by atoms with Gasteiger partial charge in [0.25, 0.3) is 5.91 Å². The van der Waals surface area contributed by atoms with E-state index < -0.39 is 0 Å². The van der Waals surface area contributed by atoms with Gasteiger partial charge >= 0.3 is 0 Å². The van der Waals surface area contributed by atoms with Crippen LogP contribution in [0, 0.1) is 12.7 Å². The molecule has 0 bridgehead atoms. The zero-order chi connectivity index (χ0) is 18.3. The summed E-state index contributed by atoms with van der Waals surface area (Å²) in [7, 11) is 1.77. The first-order valence-corrected chi connectivity index (χ1v) is 7.92. The first-order valence-electron chi connectivity index (χ1n) is 7.92. The molecular formula is C18H15FN6O. The zero-order valence-electron chi connectivity index (χ0n) is 14.1. The fourth-order valence-corrected chi connectivity index (χ4v) is 2.72. The minimum atomic E-state index is -0.316. The largest absolute Gasteiger partial charge is 0.319 e. The second-order valence-corrected chi connectivity index (χ2v) is 5.93. The van der Waals surface area contributed by atoms with E-state index in [1.54, 1.807) is 47.0 Å². The monoisotopic (exact) mass is 350 g/mol. The summed E-state index contributed by atoms with van der Waals surface area (Å²) in [4.78, 5) is 16.8. The van der Waals surface area contributed by atoms with Crippen LogP contribution in [0.25, 0.3) is 16.7 Å². The average Bonchev–Trinajstić information content (AvgIpc) is 3.18. The van der Waals surface area contributed by atoms with Crippen LogP contribution >= 0.6 is 0 Å². The quantitative estimate of drug-likeness (QED) is 0.616. The van der Waals surface area contributed by atoms with E-state index in [4.69, 9.17) is 0 Å². The molecule has 0 saturated carbocycles. The van der Waals surface area contributed by atoms with Gasteiger partial charge in [0.2, 0.25) is 0 Å². The molecular weight excluding hydrogens is 335 g/mol. The van der Waals surface area contributed by atoms with E-state index in [1.165, 1.54) is 18.3 Å². The number of hydrogen-bond donors (Lipinski definition) is 1. The zero-order valence-corrected chi connectivity index (χ0v) is 14.1. The third kappa shape index (κ3) is 2.81. The van der Waals surface area contributed by atoms with Gasteiger partial charge in [0.1, 0.15) is 5.82 Å². The van der Waals surface area contributed by atoms with Crippen LogP contribution in [0.3, 0.4) is 0 Å². The van der Waals surface area contributed by atoms with Crippen molar-refractivity contribution in [2.24, 2.45) is 7.05 Å². The van der Waals surface area contributed by atoms with Crippen molar-refractivity contribution >= 4 is 22.6 Å². The number of amides is 1. The van der Waals surface area contributed by atoms with Crippen molar-refractivity contribution in [1.82, 2.24) is 24.5 Å². The second kappa shape index (κ2) is 6.07. The highest BCUT2D eigenvalue weighted by atomic mass is 19.1. The molecule has 4 aromatic rings. The van der Waals surface area contributed by atoms with Gasteiger partial charge in [-0.1, -0.05) is 0 Å². The number of pyridine rings is 1. The fraction of sp³-hybridized carbons (Fsp3) is 0.111. The third-order valence-corrected chi connectivity index (χ3v) is 4.00. The van der Waals surface area contributed by atoms with E-state index >= 15 is 0 Å². The first kappa shape index (κ1) is 15.9. The SMILES string of the molecule is Cc1nn(-c2ccc(F)cc2)c2ncc(C(=O)Nc3cnn(C)c3)cc12. The summed E-state index contributed by atoms with van der Waals surface area (Å²) >= 11 is 0. The summed E-state index contributed by atoms with van der Waals surface area (Å²) in [5, 5.41) is 12.0. The van der Waals surface area contributed by atoms with E-state index in [0.29, 0.717) is 22.6 Å². The Hall–Kier alpha value is -3.55. The molecule has 1 aromatic carbocycles. The number of hydrogen-bond acceptors (Lipinski definition) is 4. The van der Waals surface area contributed by atoms with Gasteiger partial charge in [-0.15, -0.1) is 0 Å². The normalized spacial score (nSPS) is 11.0. The number of nitrogens with one attached hydrogen (secondary N) is 1. The molecule has 0 aliphatic carbocycles. The lowest BCUT2D eigenvalue weighted by molar-refractivity contribution is 0.102. The summed E-state index contributed by atoms with van der Waals surface area (Å²) < 4.78 is 16.4. The van der Waals surface area contributed by atoms with Crippen LogP contribution < -0.4 is 5.32 Å². The maximum atomic E-state index is 13.1. The second-order valence-electron chi connectivity index (χ2n) is 5.93. The molecule has 26 heavy (non-hydrogen) atoms. The predicted molar refractivity (Wildman–Crippen MR) is 94.7 cm³/mol.